The number of rotatable bonds is 7. The first-order valence-corrected chi connectivity index (χ1v) is 7.36. The summed E-state index contributed by atoms with van der Waals surface area (Å²) in [4.78, 5) is 29.1. The summed E-state index contributed by atoms with van der Waals surface area (Å²) in [6, 6.07) is -0.992. The van der Waals surface area contributed by atoms with E-state index in [1.165, 1.54) is 4.90 Å². The molecule has 1 fully saturated rings. The van der Waals surface area contributed by atoms with Gasteiger partial charge in [0.05, 0.1) is 6.10 Å². The number of hydrogen-bond donors (Lipinski definition) is 1. The molecule has 1 aliphatic rings. The summed E-state index contributed by atoms with van der Waals surface area (Å²) < 4.78 is 5.22. The van der Waals surface area contributed by atoms with Crippen LogP contribution in [-0.2, 0) is 9.53 Å². The summed E-state index contributed by atoms with van der Waals surface area (Å²) in [5.74, 6) is -0.966. The number of methoxy groups -OCH3 is 1. The van der Waals surface area contributed by atoms with Crippen molar-refractivity contribution in [3.8, 4) is 0 Å². The zero-order valence-electron chi connectivity index (χ0n) is 13.4. The van der Waals surface area contributed by atoms with Crippen LogP contribution in [0.3, 0.4) is 0 Å². The monoisotopic (exact) mass is 301 g/mol. The molecular formula is C14H27N3O4. The minimum atomic E-state index is -0.966. The molecule has 1 rings (SSSR count). The second kappa shape index (κ2) is 8.19. The fraction of sp³-hybridized carbons (Fsp3) is 0.857. The highest BCUT2D eigenvalue weighted by atomic mass is 16.5. The van der Waals surface area contributed by atoms with Crippen LogP contribution in [0.5, 0.6) is 0 Å². The molecule has 0 aromatic carbocycles. The lowest BCUT2D eigenvalue weighted by molar-refractivity contribution is -0.141. The number of nitrogens with zero attached hydrogens (tertiary/aromatic N) is 3. The Balaban J connectivity index is 2.66. The Morgan fingerprint density at radius 1 is 1.33 bits per heavy atom. The second-order valence-corrected chi connectivity index (χ2v) is 5.62. The molecule has 0 aromatic heterocycles. The Morgan fingerprint density at radius 2 is 2.00 bits per heavy atom. The largest absolute Gasteiger partial charge is 0.480 e. The Morgan fingerprint density at radius 3 is 2.48 bits per heavy atom. The zero-order valence-corrected chi connectivity index (χ0v) is 13.4. The fourth-order valence-electron chi connectivity index (χ4n) is 2.56. The third kappa shape index (κ3) is 4.86. The average Bonchev–Trinajstić information content (AvgIpc) is 2.87. The first-order valence-electron chi connectivity index (χ1n) is 7.36. The lowest BCUT2D eigenvalue weighted by atomic mass is 10.2. The van der Waals surface area contributed by atoms with Gasteiger partial charge in [0.15, 0.2) is 0 Å². The molecule has 2 atom stereocenters. The van der Waals surface area contributed by atoms with Gasteiger partial charge in [-0.2, -0.15) is 0 Å². The zero-order chi connectivity index (χ0) is 16.0. The molecule has 1 saturated heterocycles. The van der Waals surface area contributed by atoms with Crippen LogP contribution >= 0.6 is 0 Å². The van der Waals surface area contributed by atoms with Crippen molar-refractivity contribution in [2.45, 2.75) is 31.9 Å². The Bertz CT molecular complexity index is 362. The first-order chi connectivity index (χ1) is 9.90. The van der Waals surface area contributed by atoms with Crippen molar-refractivity contribution >= 4 is 12.0 Å². The normalized spacial score (nSPS) is 21.9. The number of carboxylic acids is 1. The van der Waals surface area contributed by atoms with E-state index in [0.29, 0.717) is 26.1 Å². The summed E-state index contributed by atoms with van der Waals surface area (Å²) in [5, 5.41) is 9.27. The number of ether oxygens (including phenoxy) is 1. The van der Waals surface area contributed by atoms with E-state index < -0.39 is 12.0 Å². The number of likely N-dealkylation sites (tertiary alicyclic amines) is 1. The predicted molar refractivity (Wildman–Crippen MR) is 79.4 cm³/mol. The van der Waals surface area contributed by atoms with E-state index in [4.69, 9.17) is 4.74 Å². The van der Waals surface area contributed by atoms with E-state index >= 15 is 0 Å². The Kier molecular flexibility index (Phi) is 6.91. The standard InChI is InChI=1S/C14H27N3O4/c1-5-16(8-6-7-15(2)3)14(20)17-10-11(21-4)9-12(17)13(18)19/h11-12H,5-10H2,1-4H3,(H,18,19). The van der Waals surface area contributed by atoms with Gasteiger partial charge in [0.25, 0.3) is 0 Å². The molecule has 2 amide bonds. The minimum Gasteiger partial charge on any atom is -0.480 e. The van der Waals surface area contributed by atoms with Crippen LogP contribution in [0.1, 0.15) is 19.8 Å². The Hall–Kier alpha value is -1.34. The summed E-state index contributed by atoms with van der Waals surface area (Å²) >= 11 is 0. The summed E-state index contributed by atoms with van der Waals surface area (Å²) in [5.41, 5.74) is 0. The summed E-state index contributed by atoms with van der Waals surface area (Å²) in [6.45, 7) is 4.36. The van der Waals surface area contributed by atoms with Gasteiger partial charge in [-0.15, -0.1) is 0 Å². The van der Waals surface area contributed by atoms with Gasteiger partial charge in [-0.3, -0.25) is 0 Å². The smallest absolute Gasteiger partial charge is 0.326 e. The van der Waals surface area contributed by atoms with Crippen LogP contribution in [0.25, 0.3) is 0 Å². The molecule has 122 valence electrons. The molecule has 0 aromatic rings. The molecule has 1 aliphatic heterocycles. The highest BCUT2D eigenvalue weighted by Gasteiger charge is 2.41. The SMILES string of the molecule is CCN(CCCN(C)C)C(=O)N1CC(OC)CC1C(=O)O. The van der Waals surface area contributed by atoms with Crippen LogP contribution < -0.4 is 0 Å². The summed E-state index contributed by atoms with van der Waals surface area (Å²) in [6.07, 6.45) is 1.02. The van der Waals surface area contributed by atoms with Gasteiger partial charge in [0.2, 0.25) is 0 Å². The molecule has 0 spiro atoms. The lowest BCUT2D eigenvalue weighted by Gasteiger charge is -2.29. The van der Waals surface area contributed by atoms with Gasteiger partial charge >= 0.3 is 12.0 Å². The molecule has 21 heavy (non-hydrogen) atoms. The van der Waals surface area contributed by atoms with E-state index in [2.05, 4.69) is 4.90 Å². The first kappa shape index (κ1) is 17.7. The van der Waals surface area contributed by atoms with E-state index in [0.717, 1.165) is 13.0 Å². The molecular weight excluding hydrogens is 274 g/mol. The van der Waals surface area contributed by atoms with Crippen LogP contribution in [0, 0.1) is 0 Å². The number of carbonyl (C=O) groups is 2. The van der Waals surface area contributed by atoms with Crippen LogP contribution in [-0.4, -0.2) is 91.3 Å². The van der Waals surface area contributed by atoms with Crippen molar-refractivity contribution in [3.05, 3.63) is 0 Å². The van der Waals surface area contributed by atoms with Gasteiger partial charge in [-0.25, -0.2) is 9.59 Å². The number of aliphatic carboxylic acids is 1. The summed E-state index contributed by atoms with van der Waals surface area (Å²) in [7, 11) is 5.52. The van der Waals surface area contributed by atoms with Crippen LogP contribution in [0.2, 0.25) is 0 Å². The molecule has 0 bridgehead atoms. The number of amides is 2. The second-order valence-electron chi connectivity index (χ2n) is 5.62. The van der Waals surface area contributed by atoms with Gasteiger partial charge in [0, 0.05) is 33.2 Å². The van der Waals surface area contributed by atoms with E-state index in [1.54, 1.807) is 12.0 Å². The number of urea groups is 1. The molecule has 1 N–H and O–H groups in total. The third-order valence-corrected chi connectivity index (χ3v) is 3.81. The predicted octanol–water partition coefficient (Wildman–Crippen LogP) is 0.554. The maximum Gasteiger partial charge on any atom is 0.326 e. The van der Waals surface area contributed by atoms with Crippen molar-refractivity contribution in [3.63, 3.8) is 0 Å². The van der Waals surface area contributed by atoms with Crippen molar-refractivity contribution in [1.82, 2.24) is 14.7 Å². The minimum absolute atomic E-state index is 0.199. The molecule has 0 saturated carbocycles. The number of hydrogen-bond acceptors (Lipinski definition) is 4. The molecule has 2 unspecified atom stereocenters. The number of carboxylic acid groups (broad SMARTS) is 1. The fourth-order valence-corrected chi connectivity index (χ4v) is 2.56. The van der Waals surface area contributed by atoms with Gasteiger partial charge in [-0.1, -0.05) is 0 Å². The molecule has 0 aliphatic carbocycles. The van der Waals surface area contributed by atoms with E-state index in [9.17, 15) is 14.7 Å². The average molecular weight is 301 g/mol. The van der Waals surface area contributed by atoms with E-state index in [1.807, 2.05) is 21.0 Å². The van der Waals surface area contributed by atoms with Crippen LogP contribution in [0.4, 0.5) is 4.79 Å². The van der Waals surface area contributed by atoms with Gasteiger partial charge in [0.1, 0.15) is 6.04 Å². The highest BCUT2D eigenvalue weighted by Crippen LogP contribution is 2.22. The lowest BCUT2D eigenvalue weighted by Crippen LogP contribution is -2.48. The molecule has 1 heterocycles. The van der Waals surface area contributed by atoms with Crippen molar-refractivity contribution in [1.29, 1.82) is 0 Å². The maximum atomic E-state index is 12.5. The van der Waals surface area contributed by atoms with Crippen LogP contribution in [0.15, 0.2) is 0 Å². The highest BCUT2D eigenvalue weighted by molar-refractivity contribution is 5.83. The molecule has 0 radical (unpaired) electrons. The molecule has 7 nitrogen and oxygen atoms in total. The van der Waals surface area contributed by atoms with Crippen molar-refractivity contribution in [2.75, 3.05) is 47.4 Å². The maximum absolute atomic E-state index is 12.5. The Labute approximate surface area is 126 Å². The van der Waals surface area contributed by atoms with Gasteiger partial charge < -0.3 is 24.5 Å². The third-order valence-electron chi connectivity index (χ3n) is 3.81. The quantitative estimate of drug-likeness (QED) is 0.743. The van der Waals surface area contributed by atoms with Gasteiger partial charge in [-0.05, 0) is 34.0 Å². The number of carbonyl (C=O) groups excluding carboxylic acids is 1. The van der Waals surface area contributed by atoms with E-state index in [-0.39, 0.29) is 12.1 Å². The van der Waals surface area contributed by atoms with Crippen molar-refractivity contribution < 1.29 is 19.4 Å². The topological polar surface area (TPSA) is 73.3 Å². The molecule has 7 heteroatoms. The van der Waals surface area contributed by atoms with Crippen molar-refractivity contribution in [2.24, 2.45) is 0 Å².